The fourth-order valence-corrected chi connectivity index (χ4v) is 5.02. The van der Waals surface area contributed by atoms with Gasteiger partial charge < -0.3 is 10.2 Å². The molecule has 1 N–H and O–H groups in total. The SMILES string of the molecule is Brc1ccc2c(c1)CNCC2.C.Cc1ccc(C(=O)N2CCc3ccc(Br)cc3C2)cc1C. The Hall–Kier alpha value is -1.95. The minimum Gasteiger partial charge on any atom is -0.334 e. The highest BCUT2D eigenvalue weighted by Gasteiger charge is 2.22. The lowest BCUT2D eigenvalue weighted by Crippen LogP contribution is -2.36. The average molecular weight is 572 g/mol. The molecule has 5 rings (SSSR count). The molecule has 0 radical (unpaired) electrons. The van der Waals surface area contributed by atoms with E-state index in [4.69, 9.17) is 0 Å². The van der Waals surface area contributed by atoms with Crippen LogP contribution in [0.5, 0.6) is 0 Å². The predicted molar refractivity (Wildman–Crippen MR) is 145 cm³/mol. The number of hydrogen-bond acceptors (Lipinski definition) is 2. The Bertz CT molecular complexity index is 1140. The molecule has 0 saturated heterocycles. The summed E-state index contributed by atoms with van der Waals surface area (Å²) in [5, 5.41) is 3.35. The molecule has 0 aliphatic carbocycles. The third-order valence-electron chi connectivity index (χ3n) is 6.28. The van der Waals surface area contributed by atoms with Gasteiger partial charge in [0.2, 0.25) is 0 Å². The van der Waals surface area contributed by atoms with Gasteiger partial charge in [-0.25, -0.2) is 0 Å². The van der Waals surface area contributed by atoms with Gasteiger partial charge >= 0.3 is 0 Å². The Labute approximate surface area is 214 Å². The summed E-state index contributed by atoms with van der Waals surface area (Å²) in [5.74, 6) is 0.128. The lowest BCUT2D eigenvalue weighted by Gasteiger charge is -2.29. The van der Waals surface area contributed by atoms with Crippen molar-refractivity contribution in [1.82, 2.24) is 10.2 Å². The third-order valence-corrected chi connectivity index (χ3v) is 7.26. The van der Waals surface area contributed by atoms with Gasteiger partial charge in [0.15, 0.2) is 0 Å². The zero-order chi connectivity index (χ0) is 22.7. The van der Waals surface area contributed by atoms with Crippen LogP contribution in [0.25, 0.3) is 0 Å². The normalized spacial score (nSPS) is 14.2. The van der Waals surface area contributed by atoms with Crippen LogP contribution in [0.1, 0.15) is 51.2 Å². The largest absolute Gasteiger partial charge is 0.334 e. The minimum atomic E-state index is 0. The number of nitrogens with one attached hydrogen (secondary N) is 1. The molecule has 33 heavy (non-hydrogen) atoms. The quantitative estimate of drug-likeness (QED) is 0.341. The monoisotopic (exact) mass is 570 g/mol. The maximum atomic E-state index is 12.7. The van der Waals surface area contributed by atoms with Crippen molar-refractivity contribution in [1.29, 1.82) is 0 Å². The van der Waals surface area contributed by atoms with Gasteiger partial charge in [0.25, 0.3) is 5.91 Å². The van der Waals surface area contributed by atoms with E-state index in [9.17, 15) is 4.79 Å². The topological polar surface area (TPSA) is 32.3 Å². The van der Waals surface area contributed by atoms with Crippen molar-refractivity contribution >= 4 is 37.8 Å². The molecule has 2 aliphatic heterocycles. The van der Waals surface area contributed by atoms with Crippen molar-refractivity contribution < 1.29 is 4.79 Å². The van der Waals surface area contributed by atoms with Gasteiger partial charge in [-0.1, -0.05) is 57.5 Å². The average Bonchev–Trinajstić information content (AvgIpc) is 2.80. The molecule has 0 fully saturated rings. The molecule has 5 heteroatoms. The molecule has 0 saturated carbocycles. The van der Waals surface area contributed by atoms with Gasteiger partial charge in [0.05, 0.1) is 0 Å². The van der Waals surface area contributed by atoms with Gasteiger partial charge in [-0.05, 0) is 103 Å². The fourth-order valence-electron chi connectivity index (χ4n) is 4.21. The summed E-state index contributed by atoms with van der Waals surface area (Å²) in [4.78, 5) is 14.6. The van der Waals surface area contributed by atoms with Crippen molar-refractivity contribution in [2.45, 2.75) is 47.2 Å². The Morgan fingerprint density at radius 1 is 0.818 bits per heavy atom. The number of amides is 1. The number of halogens is 2. The number of fused-ring (bicyclic) bond motifs is 2. The van der Waals surface area contributed by atoms with E-state index in [-0.39, 0.29) is 13.3 Å². The maximum absolute atomic E-state index is 12.7. The minimum absolute atomic E-state index is 0. The number of carbonyl (C=O) groups is 1. The first-order valence-electron chi connectivity index (χ1n) is 11.0. The molecule has 0 atom stereocenters. The van der Waals surface area contributed by atoms with E-state index in [0.29, 0.717) is 6.54 Å². The predicted octanol–water partition coefficient (Wildman–Crippen LogP) is 7.00. The maximum Gasteiger partial charge on any atom is 0.254 e. The summed E-state index contributed by atoms with van der Waals surface area (Å²) in [6.07, 6.45) is 2.10. The fraction of sp³-hybridized carbons (Fsp3) is 0.321. The Balaban J connectivity index is 0.000000215. The van der Waals surface area contributed by atoms with E-state index in [0.717, 1.165) is 36.1 Å². The first-order valence-corrected chi connectivity index (χ1v) is 12.6. The van der Waals surface area contributed by atoms with Crippen LogP contribution in [-0.4, -0.2) is 23.9 Å². The summed E-state index contributed by atoms with van der Waals surface area (Å²) >= 11 is 6.97. The van der Waals surface area contributed by atoms with Crippen LogP contribution in [0, 0.1) is 13.8 Å². The molecule has 174 valence electrons. The number of hydrogen-bond donors (Lipinski definition) is 1. The molecule has 0 unspecified atom stereocenters. The van der Waals surface area contributed by atoms with Crippen LogP contribution < -0.4 is 5.32 Å². The van der Waals surface area contributed by atoms with E-state index in [1.165, 1.54) is 44.3 Å². The van der Waals surface area contributed by atoms with Gasteiger partial charge in [-0.3, -0.25) is 4.79 Å². The number of carbonyl (C=O) groups excluding carboxylic acids is 1. The second kappa shape index (κ2) is 11.5. The summed E-state index contributed by atoms with van der Waals surface area (Å²) in [7, 11) is 0. The highest BCUT2D eigenvalue weighted by atomic mass is 79.9. The Morgan fingerprint density at radius 3 is 2.18 bits per heavy atom. The van der Waals surface area contributed by atoms with Gasteiger partial charge in [0, 0.05) is 34.1 Å². The van der Waals surface area contributed by atoms with Crippen molar-refractivity contribution in [3.63, 3.8) is 0 Å². The van der Waals surface area contributed by atoms with Crippen molar-refractivity contribution in [2.75, 3.05) is 13.1 Å². The molecule has 1 amide bonds. The van der Waals surface area contributed by atoms with Crippen molar-refractivity contribution in [2.24, 2.45) is 0 Å². The standard InChI is InChI=1S/C18H18BrNO.C9H10BrN.CH4/c1-12-3-4-15(9-13(12)2)18(21)20-8-7-14-5-6-17(19)10-16(14)11-20;10-9-2-1-7-3-4-11-6-8(7)5-9;/h3-6,9-10H,7-8,11H2,1-2H3;1-2,5,11H,3-4,6H2;1H4. The molecule has 0 aromatic heterocycles. The summed E-state index contributed by atoms with van der Waals surface area (Å²) in [5.41, 5.74) is 8.70. The lowest BCUT2D eigenvalue weighted by molar-refractivity contribution is 0.0734. The Morgan fingerprint density at radius 2 is 1.48 bits per heavy atom. The smallest absolute Gasteiger partial charge is 0.254 e. The summed E-state index contributed by atoms with van der Waals surface area (Å²) in [6.45, 7) is 7.75. The molecule has 2 aliphatic rings. The molecule has 3 aromatic carbocycles. The number of rotatable bonds is 1. The number of nitrogens with zero attached hydrogens (tertiary/aromatic N) is 1. The van der Waals surface area contributed by atoms with E-state index >= 15 is 0 Å². The molecular weight excluding hydrogens is 540 g/mol. The second-order valence-corrected chi connectivity index (χ2v) is 10.4. The van der Waals surface area contributed by atoms with Crippen molar-refractivity contribution in [3.8, 4) is 0 Å². The second-order valence-electron chi connectivity index (χ2n) is 8.53. The first kappa shape index (κ1) is 25.7. The number of aryl methyl sites for hydroxylation is 2. The molecule has 3 nitrogen and oxygen atoms in total. The highest BCUT2D eigenvalue weighted by molar-refractivity contribution is 9.10. The van der Waals surface area contributed by atoms with Crippen LogP contribution >= 0.6 is 31.9 Å². The van der Waals surface area contributed by atoms with Crippen molar-refractivity contribution in [3.05, 3.63) is 102 Å². The lowest BCUT2D eigenvalue weighted by atomic mass is 9.98. The van der Waals surface area contributed by atoms with E-state index in [2.05, 4.69) is 87.4 Å². The first-order chi connectivity index (χ1) is 15.4. The van der Waals surface area contributed by atoms with Crippen LogP contribution in [0.15, 0.2) is 63.5 Å². The molecule has 2 heterocycles. The number of benzene rings is 3. The van der Waals surface area contributed by atoms with Gasteiger partial charge in [-0.15, -0.1) is 0 Å². The van der Waals surface area contributed by atoms with E-state index < -0.39 is 0 Å². The summed E-state index contributed by atoms with van der Waals surface area (Å²) in [6, 6.07) is 18.8. The highest BCUT2D eigenvalue weighted by Crippen LogP contribution is 2.24. The van der Waals surface area contributed by atoms with Crippen LogP contribution in [-0.2, 0) is 25.9 Å². The van der Waals surface area contributed by atoms with Gasteiger partial charge in [0.1, 0.15) is 0 Å². The third kappa shape index (κ3) is 6.34. The van der Waals surface area contributed by atoms with Crippen LogP contribution in [0.4, 0.5) is 0 Å². The van der Waals surface area contributed by atoms with Gasteiger partial charge in [-0.2, -0.15) is 0 Å². The zero-order valence-corrected chi connectivity index (χ0v) is 21.7. The zero-order valence-electron chi connectivity index (χ0n) is 18.6. The van der Waals surface area contributed by atoms with Crippen LogP contribution in [0.2, 0.25) is 0 Å². The van der Waals surface area contributed by atoms with E-state index in [1.807, 2.05) is 23.1 Å². The molecule has 0 spiro atoms. The summed E-state index contributed by atoms with van der Waals surface area (Å²) < 4.78 is 2.25. The Kier molecular flexibility index (Phi) is 8.91. The molecular formula is C28H32Br2N2O. The van der Waals surface area contributed by atoms with E-state index in [1.54, 1.807) is 0 Å². The molecule has 0 bridgehead atoms. The van der Waals surface area contributed by atoms with Crippen LogP contribution in [0.3, 0.4) is 0 Å². The molecule has 3 aromatic rings.